The number of hydrogen-bond acceptors (Lipinski definition) is 4. The summed E-state index contributed by atoms with van der Waals surface area (Å²) < 4.78 is 5.23. The predicted molar refractivity (Wildman–Crippen MR) is 89.9 cm³/mol. The number of hydrogen-bond donors (Lipinski definition) is 1. The fourth-order valence-corrected chi connectivity index (χ4v) is 2.25. The Morgan fingerprint density at radius 3 is 2.52 bits per heavy atom. The van der Waals surface area contributed by atoms with Crippen LogP contribution in [0.25, 0.3) is 0 Å². The molecule has 4 heteroatoms. The summed E-state index contributed by atoms with van der Waals surface area (Å²) in [6.07, 6.45) is 0. The Balaban J connectivity index is 2.89. The van der Waals surface area contributed by atoms with Crippen molar-refractivity contribution in [2.45, 2.75) is 47.2 Å². The molecule has 0 spiro atoms. The van der Waals surface area contributed by atoms with Crippen LogP contribution in [0.3, 0.4) is 0 Å². The number of nitrogens with one attached hydrogen (secondary N) is 1. The molecule has 0 saturated heterocycles. The zero-order valence-corrected chi connectivity index (χ0v) is 14.4. The molecule has 1 aromatic rings. The van der Waals surface area contributed by atoms with Gasteiger partial charge in [-0.25, -0.2) is 4.98 Å². The number of methoxy groups -OCH3 is 1. The van der Waals surface area contributed by atoms with Gasteiger partial charge in [0, 0.05) is 38.5 Å². The molecule has 1 N–H and O–H groups in total. The number of ether oxygens (including phenoxy) is 1. The van der Waals surface area contributed by atoms with Gasteiger partial charge in [0.05, 0.1) is 6.61 Å². The molecular formula is C17H31N3O. The number of rotatable bonds is 9. The Morgan fingerprint density at radius 1 is 1.24 bits per heavy atom. The fraction of sp³-hybridized carbons (Fsp3) is 0.706. The molecule has 0 bridgehead atoms. The summed E-state index contributed by atoms with van der Waals surface area (Å²) in [6.45, 7) is 14.3. The van der Waals surface area contributed by atoms with Gasteiger partial charge in [-0.3, -0.25) is 0 Å². The summed E-state index contributed by atoms with van der Waals surface area (Å²) >= 11 is 0. The molecule has 0 aliphatic carbocycles. The van der Waals surface area contributed by atoms with Crippen LogP contribution in [0.5, 0.6) is 0 Å². The molecule has 1 aromatic heterocycles. The lowest BCUT2D eigenvalue weighted by molar-refractivity contribution is 0.204. The molecule has 0 atom stereocenters. The van der Waals surface area contributed by atoms with Crippen molar-refractivity contribution in [3.8, 4) is 0 Å². The summed E-state index contributed by atoms with van der Waals surface area (Å²) in [7, 11) is 1.75. The van der Waals surface area contributed by atoms with Gasteiger partial charge >= 0.3 is 0 Å². The summed E-state index contributed by atoms with van der Waals surface area (Å²) in [5.74, 6) is 1.66. The molecule has 0 amide bonds. The van der Waals surface area contributed by atoms with E-state index in [2.05, 4.69) is 57.0 Å². The Morgan fingerprint density at radius 2 is 1.95 bits per heavy atom. The highest BCUT2D eigenvalue weighted by Crippen LogP contribution is 2.16. The van der Waals surface area contributed by atoms with E-state index < -0.39 is 0 Å². The maximum Gasteiger partial charge on any atom is 0.129 e. The van der Waals surface area contributed by atoms with E-state index in [1.165, 1.54) is 5.56 Å². The van der Waals surface area contributed by atoms with E-state index in [4.69, 9.17) is 9.72 Å². The van der Waals surface area contributed by atoms with Crippen LogP contribution >= 0.6 is 0 Å². The quantitative estimate of drug-likeness (QED) is 0.759. The molecule has 21 heavy (non-hydrogen) atoms. The lowest BCUT2D eigenvalue weighted by Crippen LogP contribution is -2.32. The summed E-state index contributed by atoms with van der Waals surface area (Å²) in [4.78, 5) is 7.03. The van der Waals surface area contributed by atoms with Crippen LogP contribution in [-0.2, 0) is 11.3 Å². The lowest BCUT2D eigenvalue weighted by Gasteiger charge is -2.26. The zero-order chi connectivity index (χ0) is 15.8. The molecule has 0 aliphatic rings. The normalized spacial score (nSPS) is 11.4. The summed E-state index contributed by atoms with van der Waals surface area (Å²) in [5.41, 5.74) is 2.36. The van der Waals surface area contributed by atoms with Crippen LogP contribution in [0.2, 0.25) is 0 Å². The molecule has 0 fully saturated rings. The Bertz CT molecular complexity index is 418. The maximum absolute atomic E-state index is 5.23. The maximum atomic E-state index is 5.23. The average Bonchev–Trinajstić information content (AvgIpc) is 2.40. The molecule has 1 heterocycles. The van der Waals surface area contributed by atoms with Crippen LogP contribution in [0.4, 0.5) is 5.82 Å². The third kappa shape index (κ3) is 6.91. The largest absolute Gasteiger partial charge is 0.383 e. The van der Waals surface area contributed by atoms with Gasteiger partial charge in [-0.1, -0.05) is 27.7 Å². The first-order valence-electron chi connectivity index (χ1n) is 7.87. The highest BCUT2D eigenvalue weighted by Gasteiger charge is 2.11. The van der Waals surface area contributed by atoms with Gasteiger partial charge < -0.3 is 15.0 Å². The third-order valence-corrected chi connectivity index (χ3v) is 3.19. The molecule has 120 valence electrons. The average molecular weight is 293 g/mol. The van der Waals surface area contributed by atoms with Gasteiger partial charge in [-0.05, 0) is 30.5 Å². The second kappa shape index (κ2) is 9.00. The summed E-state index contributed by atoms with van der Waals surface area (Å²) in [5, 5.41) is 3.47. The van der Waals surface area contributed by atoms with Crippen molar-refractivity contribution in [1.82, 2.24) is 10.3 Å². The van der Waals surface area contributed by atoms with Crippen LogP contribution < -0.4 is 10.2 Å². The highest BCUT2D eigenvalue weighted by atomic mass is 16.5. The first-order valence-corrected chi connectivity index (χ1v) is 7.87. The minimum Gasteiger partial charge on any atom is -0.383 e. The number of anilines is 1. The molecule has 0 unspecified atom stereocenters. The second-order valence-electron chi connectivity index (χ2n) is 6.34. The minimum absolute atomic E-state index is 0.488. The van der Waals surface area contributed by atoms with Crippen LogP contribution in [0.1, 0.15) is 39.0 Å². The first kappa shape index (κ1) is 17.9. The molecule has 0 saturated carbocycles. The highest BCUT2D eigenvalue weighted by molar-refractivity contribution is 5.42. The van der Waals surface area contributed by atoms with Crippen molar-refractivity contribution in [2.24, 2.45) is 5.92 Å². The molecule has 0 radical (unpaired) electrons. The summed E-state index contributed by atoms with van der Waals surface area (Å²) in [6, 6.07) is 4.84. The number of pyridine rings is 1. The number of aryl methyl sites for hydroxylation is 1. The monoisotopic (exact) mass is 293 g/mol. The van der Waals surface area contributed by atoms with E-state index in [0.29, 0.717) is 12.0 Å². The van der Waals surface area contributed by atoms with Crippen molar-refractivity contribution < 1.29 is 4.74 Å². The lowest BCUT2D eigenvalue weighted by atomic mass is 10.1. The Labute approximate surface area is 129 Å². The van der Waals surface area contributed by atoms with Gasteiger partial charge in [-0.15, -0.1) is 0 Å². The molecule has 4 nitrogen and oxygen atoms in total. The SMILES string of the molecule is COCCN(CC(C)C)c1cc(CNC(C)C)cc(C)n1. The van der Waals surface area contributed by atoms with E-state index in [1.54, 1.807) is 7.11 Å². The predicted octanol–water partition coefficient (Wildman–Crippen LogP) is 3.00. The van der Waals surface area contributed by atoms with Crippen LogP contribution in [0.15, 0.2) is 12.1 Å². The van der Waals surface area contributed by atoms with E-state index in [0.717, 1.165) is 37.8 Å². The van der Waals surface area contributed by atoms with Crippen molar-refractivity contribution >= 4 is 5.82 Å². The van der Waals surface area contributed by atoms with Gasteiger partial charge in [0.25, 0.3) is 0 Å². The van der Waals surface area contributed by atoms with E-state index in [9.17, 15) is 0 Å². The fourth-order valence-electron chi connectivity index (χ4n) is 2.25. The Kier molecular flexibility index (Phi) is 7.68. The molecular weight excluding hydrogens is 262 g/mol. The molecule has 0 aromatic carbocycles. The van der Waals surface area contributed by atoms with Crippen molar-refractivity contribution in [1.29, 1.82) is 0 Å². The minimum atomic E-state index is 0.488. The number of aromatic nitrogens is 1. The smallest absolute Gasteiger partial charge is 0.129 e. The van der Waals surface area contributed by atoms with E-state index >= 15 is 0 Å². The standard InChI is InChI=1S/C17H31N3O/c1-13(2)12-20(7-8-21-6)17-10-16(9-15(5)19-17)11-18-14(3)4/h9-10,13-14,18H,7-8,11-12H2,1-6H3. The zero-order valence-electron chi connectivity index (χ0n) is 14.4. The van der Waals surface area contributed by atoms with E-state index in [1.807, 2.05) is 0 Å². The van der Waals surface area contributed by atoms with Crippen molar-refractivity contribution in [3.05, 3.63) is 23.4 Å². The Hall–Kier alpha value is -1.13. The topological polar surface area (TPSA) is 37.4 Å². The van der Waals surface area contributed by atoms with Crippen molar-refractivity contribution in [2.75, 3.05) is 31.7 Å². The van der Waals surface area contributed by atoms with Gasteiger partial charge in [0.15, 0.2) is 0 Å². The molecule has 0 aliphatic heterocycles. The van der Waals surface area contributed by atoms with Gasteiger partial charge in [-0.2, -0.15) is 0 Å². The first-order chi connectivity index (χ1) is 9.92. The number of nitrogens with zero attached hydrogens (tertiary/aromatic N) is 2. The van der Waals surface area contributed by atoms with Crippen LogP contribution in [-0.4, -0.2) is 37.8 Å². The second-order valence-corrected chi connectivity index (χ2v) is 6.34. The van der Waals surface area contributed by atoms with Gasteiger partial charge in [0.2, 0.25) is 0 Å². The third-order valence-electron chi connectivity index (χ3n) is 3.19. The van der Waals surface area contributed by atoms with Crippen molar-refractivity contribution in [3.63, 3.8) is 0 Å². The van der Waals surface area contributed by atoms with E-state index in [-0.39, 0.29) is 0 Å². The van der Waals surface area contributed by atoms with Crippen LogP contribution in [0, 0.1) is 12.8 Å². The molecule has 1 rings (SSSR count). The van der Waals surface area contributed by atoms with Gasteiger partial charge in [0.1, 0.15) is 5.82 Å².